The monoisotopic (exact) mass is 231 g/mol. The highest BCUT2D eigenvalue weighted by atomic mass is 32.1. The molecular weight excluding hydrogens is 218 g/mol. The van der Waals surface area contributed by atoms with Crippen LogP contribution in [0.15, 0.2) is 29.3 Å². The lowest BCUT2D eigenvalue weighted by molar-refractivity contribution is 1.52. The zero-order valence-corrected chi connectivity index (χ0v) is 11.0. The van der Waals surface area contributed by atoms with Crippen molar-refractivity contribution in [3.63, 3.8) is 0 Å². The molecule has 0 aliphatic heterocycles. The Balaban J connectivity index is 3.13. The smallest absolute Gasteiger partial charge is 0.129 e. The molecule has 0 radical (unpaired) electrons. The second-order valence-corrected chi connectivity index (χ2v) is 9.15. The SMILES string of the molecule is C[Si](C)(C)C#Cc1ccccc1N=C=S. The van der Waals surface area contributed by atoms with E-state index in [1.54, 1.807) is 0 Å². The third-order valence-electron chi connectivity index (χ3n) is 1.64. The first-order valence-corrected chi connectivity index (χ1v) is 8.64. The molecule has 0 fully saturated rings. The Bertz CT molecular complexity index is 456. The Morgan fingerprint density at radius 3 is 2.47 bits per heavy atom. The Hall–Kier alpha value is -1.20. The second kappa shape index (κ2) is 5.04. The largest absolute Gasteiger partial charge is 0.193 e. The molecule has 3 heteroatoms. The lowest BCUT2D eigenvalue weighted by Gasteiger charge is -2.03. The number of para-hydroxylation sites is 1. The highest BCUT2D eigenvalue weighted by Gasteiger charge is 2.07. The summed E-state index contributed by atoms with van der Waals surface area (Å²) in [6.07, 6.45) is 0. The quantitative estimate of drug-likeness (QED) is 0.311. The molecular formula is C12H13NSSi. The van der Waals surface area contributed by atoms with Crippen LogP contribution in [0, 0.1) is 11.5 Å². The van der Waals surface area contributed by atoms with Crippen LogP contribution >= 0.6 is 12.2 Å². The van der Waals surface area contributed by atoms with Gasteiger partial charge in [-0.15, -0.1) is 5.54 Å². The second-order valence-electron chi connectivity index (χ2n) is 4.22. The predicted molar refractivity (Wildman–Crippen MR) is 71.4 cm³/mol. The third-order valence-corrected chi connectivity index (χ3v) is 2.61. The van der Waals surface area contributed by atoms with Crippen molar-refractivity contribution in [3.05, 3.63) is 29.8 Å². The van der Waals surface area contributed by atoms with Gasteiger partial charge in [-0.1, -0.05) is 37.7 Å². The van der Waals surface area contributed by atoms with Gasteiger partial charge in [0.05, 0.1) is 16.4 Å². The number of thiocarbonyl (C=S) groups is 1. The van der Waals surface area contributed by atoms with Gasteiger partial charge in [0.1, 0.15) is 8.07 Å². The van der Waals surface area contributed by atoms with Gasteiger partial charge in [0, 0.05) is 0 Å². The van der Waals surface area contributed by atoms with Crippen molar-refractivity contribution in [2.45, 2.75) is 19.6 Å². The Kier molecular flexibility index (Phi) is 3.99. The van der Waals surface area contributed by atoms with E-state index in [9.17, 15) is 0 Å². The number of aliphatic imine (C=N–C) groups is 1. The van der Waals surface area contributed by atoms with Gasteiger partial charge in [-0.2, -0.15) is 4.99 Å². The van der Waals surface area contributed by atoms with Gasteiger partial charge in [-0.05, 0) is 24.4 Å². The molecule has 0 aliphatic rings. The van der Waals surface area contributed by atoms with Crippen molar-refractivity contribution in [3.8, 4) is 11.5 Å². The van der Waals surface area contributed by atoms with E-state index in [2.05, 4.69) is 53.5 Å². The number of benzene rings is 1. The molecule has 0 aromatic heterocycles. The maximum Gasteiger partial charge on any atom is 0.129 e. The van der Waals surface area contributed by atoms with Crippen molar-refractivity contribution < 1.29 is 0 Å². The number of hydrogen-bond acceptors (Lipinski definition) is 2. The lowest BCUT2D eigenvalue weighted by Crippen LogP contribution is -2.16. The van der Waals surface area contributed by atoms with Crippen LogP contribution in [-0.4, -0.2) is 13.2 Å². The van der Waals surface area contributed by atoms with Crippen LogP contribution in [0.1, 0.15) is 5.56 Å². The molecule has 0 heterocycles. The van der Waals surface area contributed by atoms with E-state index < -0.39 is 8.07 Å². The van der Waals surface area contributed by atoms with Crippen LogP contribution in [0.3, 0.4) is 0 Å². The highest BCUT2D eigenvalue weighted by Crippen LogP contribution is 2.16. The molecule has 0 atom stereocenters. The van der Waals surface area contributed by atoms with Crippen molar-refractivity contribution in [2.24, 2.45) is 4.99 Å². The molecule has 0 saturated heterocycles. The first-order chi connectivity index (χ1) is 7.03. The van der Waals surface area contributed by atoms with E-state index in [0.717, 1.165) is 11.3 Å². The van der Waals surface area contributed by atoms with Crippen molar-refractivity contribution in [1.82, 2.24) is 0 Å². The zero-order valence-electron chi connectivity index (χ0n) is 9.16. The molecule has 0 spiro atoms. The van der Waals surface area contributed by atoms with Crippen LogP contribution in [0.5, 0.6) is 0 Å². The van der Waals surface area contributed by atoms with E-state index in [4.69, 9.17) is 0 Å². The van der Waals surface area contributed by atoms with Gasteiger partial charge in [0.2, 0.25) is 0 Å². The summed E-state index contributed by atoms with van der Waals surface area (Å²) in [6.45, 7) is 6.64. The molecule has 0 bridgehead atoms. The van der Waals surface area contributed by atoms with Gasteiger partial charge in [-0.3, -0.25) is 0 Å². The summed E-state index contributed by atoms with van der Waals surface area (Å²) in [6, 6.07) is 7.73. The standard InChI is InChI=1S/C12H13NSSi/c1-15(2,3)9-8-11-6-4-5-7-12(11)13-10-14/h4-7H,1-3H3. The first-order valence-electron chi connectivity index (χ1n) is 4.73. The number of rotatable bonds is 1. The minimum absolute atomic E-state index is 0.804. The predicted octanol–water partition coefficient (Wildman–Crippen LogP) is 3.65. The van der Waals surface area contributed by atoms with Crippen molar-refractivity contribution in [1.29, 1.82) is 0 Å². The average molecular weight is 231 g/mol. The molecule has 1 aromatic rings. The minimum Gasteiger partial charge on any atom is -0.193 e. The Morgan fingerprint density at radius 2 is 1.87 bits per heavy atom. The van der Waals surface area contributed by atoms with E-state index in [1.165, 1.54) is 0 Å². The van der Waals surface area contributed by atoms with E-state index in [-0.39, 0.29) is 0 Å². The fraction of sp³-hybridized carbons (Fsp3) is 0.250. The summed E-state index contributed by atoms with van der Waals surface area (Å²) < 4.78 is 0. The fourth-order valence-electron chi connectivity index (χ4n) is 0.981. The molecule has 0 amide bonds. The maximum atomic E-state index is 4.60. The van der Waals surface area contributed by atoms with E-state index >= 15 is 0 Å². The summed E-state index contributed by atoms with van der Waals surface area (Å²) in [4.78, 5) is 3.99. The molecule has 0 N–H and O–H groups in total. The molecule has 0 saturated carbocycles. The van der Waals surface area contributed by atoms with Gasteiger partial charge in [0.15, 0.2) is 0 Å². The van der Waals surface area contributed by atoms with E-state index in [0.29, 0.717) is 0 Å². The zero-order chi connectivity index (χ0) is 11.3. The molecule has 76 valence electrons. The summed E-state index contributed by atoms with van der Waals surface area (Å²) >= 11 is 4.60. The maximum absolute atomic E-state index is 4.60. The number of isothiocyanates is 1. The van der Waals surface area contributed by atoms with Crippen molar-refractivity contribution in [2.75, 3.05) is 0 Å². The average Bonchev–Trinajstić information content (AvgIpc) is 2.16. The van der Waals surface area contributed by atoms with Crippen LogP contribution in [0.2, 0.25) is 19.6 Å². The van der Waals surface area contributed by atoms with Gasteiger partial charge in [-0.25, -0.2) is 0 Å². The van der Waals surface area contributed by atoms with Crippen molar-refractivity contribution >= 4 is 31.1 Å². The fourth-order valence-corrected chi connectivity index (χ4v) is 1.59. The van der Waals surface area contributed by atoms with Crippen LogP contribution < -0.4 is 0 Å². The lowest BCUT2D eigenvalue weighted by atomic mass is 10.2. The molecule has 0 unspecified atom stereocenters. The van der Waals surface area contributed by atoms with E-state index in [1.807, 2.05) is 24.3 Å². The van der Waals surface area contributed by atoms with Crippen LogP contribution in [0.25, 0.3) is 0 Å². The van der Waals surface area contributed by atoms with Crippen LogP contribution in [-0.2, 0) is 0 Å². The molecule has 15 heavy (non-hydrogen) atoms. The minimum atomic E-state index is -1.34. The summed E-state index contributed by atoms with van der Waals surface area (Å²) in [5.41, 5.74) is 5.04. The first kappa shape index (κ1) is 11.9. The Labute approximate surface area is 97.3 Å². The molecule has 1 nitrogen and oxygen atoms in total. The normalized spacial score (nSPS) is 9.80. The van der Waals surface area contributed by atoms with Gasteiger partial charge < -0.3 is 0 Å². The number of hydrogen-bond donors (Lipinski definition) is 0. The Morgan fingerprint density at radius 1 is 1.20 bits per heavy atom. The van der Waals surface area contributed by atoms with Crippen LogP contribution in [0.4, 0.5) is 5.69 Å². The van der Waals surface area contributed by atoms with Gasteiger partial charge in [0.25, 0.3) is 0 Å². The molecule has 1 rings (SSSR count). The molecule has 1 aromatic carbocycles. The highest BCUT2D eigenvalue weighted by molar-refractivity contribution is 7.78. The third kappa shape index (κ3) is 4.22. The van der Waals surface area contributed by atoms with Gasteiger partial charge >= 0.3 is 0 Å². The summed E-state index contributed by atoms with van der Waals surface area (Å²) in [5.74, 6) is 3.17. The number of nitrogens with zero attached hydrogens (tertiary/aromatic N) is 1. The summed E-state index contributed by atoms with van der Waals surface area (Å²) in [7, 11) is -1.34. The molecule has 0 aliphatic carbocycles. The topological polar surface area (TPSA) is 12.4 Å². The summed E-state index contributed by atoms with van der Waals surface area (Å²) in [5, 5.41) is 2.37.